The molecule has 3 aromatic carbocycles. The van der Waals surface area contributed by atoms with Crippen LogP contribution in [0.2, 0.25) is 0 Å². The first kappa shape index (κ1) is 26.6. The molecule has 0 saturated carbocycles. The number of amides is 1. The van der Waals surface area contributed by atoms with Crippen molar-refractivity contribution < 1.29 is 4.79 Å². The molecule has 0 N–H and O–H groups in total. The Balaban J connectivity index is 1.09. The van der Waals surface area contributed by atoms with Gasteiger partial charge in [0.15, 0.2) is 0 Å². The first-order chi connectivity index (χ1) is 20.1. The molecule has 1 aliphatic rings. The highest BCUT2D eigenvalue weighted by Gasteiger charge is 2.19. The van der Waals surface area contributed by atoms with E-state index in [1.807, 2.05) is 80.2 Å². The maximum Gasteiger partial charge on any atom is 0.227 e. The van der Waals surface area contributed by atoms with E-state index < -0.39 is 0 Å². The molecule has 6 rings (SSSR count). The summed E-state index contributed by atoms with van der Waals surface area (Å²) in [4.78, 5) is 33.3. The summed E-state index contributed by atoms with van der Waals surface area (Å²) in [5, 5.41) is 0. The van der Waals surface area contributed by atoms with Crippen LogP contribution in [0.25, 0.3) is 22.2 Å². The Morgan fingerprint density at radius 1 is 0.780 bits per heavy atom. The number of anilines is 1. The average molecular weight is 543 g/mol. The highest BCUT2D eigenvalue weighted by atomic mass is 16.2. The quantitative estimate of drug-likeness (QED) is 0.268. The third-order valence-electron chi connectivity index (χ3n) is 7.69. The van der Waals surface area contributed by atoms with Crippen molar-refractivity contribution in [2.24, 2.45) is 0 Å². The zero-order chi connectivity index (χ0) is 28.0. The molecule has 0 bridgehead atoms. The maximum atomic E-state index is 12.8. The van der Waals surface area contributed by atoms with Gasteiger partial charge in [-0.05, 0) is 46.0 Å². The highest BCUT2D eigenvalue weighted by molar-refractivity contribution is 5.83. The van der Waals surface area contributed by atoms with E-state index >= 15 is 0 Å². The lowest BCUT2D eigenvalue weighted by Gasteiger charge is -2.35. The zero-order valence-corrected chi connectivity index (χ0v) is 23.4. The number of carbonyl (C=O) groups is 1. The van der Waals surface area contributed by atoms with Crippen molar-refractivity contribution in [3.05, 3.63) is 120 Å². The predicted octanol–water partition coefficient (Wildman–Crippen LogP) is 5.22. The van der Waals surface area contributed by atoms with Crippen molar-refractivity contribution in [2.45, 2.75) is 19.5 Å². The smallest absolute Gasteiger partial charge is 0.227 e. The standard InChI is InChI=1S/C34H34N6O/c1-38(24-27-6-3-2-4-7-27)34(41)20-26-9-11-29(12-10-26)30-13-14-31-32(21-30)37-33(23-36-31)40-18-16-39(17-19-40)25-28-8-5-15-35-22-28/h2-15,21-23H,16-20,24-25H2,1H3. The van der Waals surface area contributed by atoms with Crippen molar-refractivity contribution in [3.63, 3.8) is 0 Å². The second-order valence-electron chi connectivity index (χ2n) is 10.7. The SMILES string of the molecule is CN(Cc1ccccc1)C(=O)Cc1ccc(-c2ccc3ncc(N4CCN(Cc5cccnc5)CC4)nc3c2)cc1. The van der Waals surface area contributed by atoms with Gasteiger partial charge >= 0.3 is 0 Å². The Kier molecular flexibility index (Phi) is 7.96. The third-order valence-corrected chi connectivity index (χ3v) is 7.69. The minimum absolute atomic E-state index is 0.105. The van der Waals surface area contributed by atoms with E-state index in [0.29, 0.717) is 13.0 Å². The summed E-state index contributed by atoms with van der Waals surface area (Å²) in [5.74, 6) is 1.03. The van der Waals surface area contributed by atoms with E-state index in [-0.39, 0.29) is 5.91 Å². The minimum atomic E-state index is 0.105. The Bertz CT molecular complexity index is 1600. The molecule has 41 heavy (non-hydrogen) atoms. The van der Waals surface area contributed by atoms with Gasteiger partial charge in [0.1, 0.15) is 5.82 Å². The Hall–Kier alpha value is -4.62. The highest BCUT2D eigenvalue weighted by Crippen LogP contribution is 2.25. The molecule has 3 heterocycles. The summed E-state index contributed by atoms with van der Waals surface area (Å²) < 4.78 is 0. The number of piperazine rings is 1. The van der Waals surface area contributed by atoms with Crippen LogP contribution in [0.4, 0.5) is 5.82 Å². The van der Waals surface area contributed by atoms with Crippen LogP contribution in [0.5, 0.6) is 0 Å². The van der Waals surface area contributed by atoms with Crippen molar-refractivity contribution in [2.75, 3.05) is 38.1 Å². The van der Waals surface area contributed by atoms with E-state index in [2.05, 4.69) is 45.1 Å². The lowest BCUT2D eigenvalue weighted by molar-refractivity contribution is -0.129. The van der Waals surface area contributed by atoms with E-state index in [0.717, 1.165) is 71.8 Å². The fourth-order valence-corrected chi connectivity index (χ4v) is 5.29. The average Bonchev–Trinajstić information content (AvgIpc) is 3.02. The van der Waals surface area contributed by atoms with Gasteiger partial charge in [-0.25, -0.2) is 4.98 Å². The van der Waals surface area contributed by atoms with Gasteiger partial charge in [0, 0.05) is 58.7 Å². The summed E-state index contributed by atoms with van der Waals surface area (Å²) in [6.07, 6.45) is 6.03. The molecule has 0 atom stereocenters. The molecule has 2 aromatic heterocycles. The molecule has 7 nitrogen and oxygen atoms in total. The lowest BCUT2D eigenvalue weighted by atomic mass is 10.0. The van der Waals surface area contributed by atoms with Crippen LogP contribution in [0, 0.1) is 0 Å². The lowest BCUT2D eigenvalue weighted by Crippen LogP contribution is -2.46. The molecular formula is C34H34N6O. The Labute approximate surface area is 241 Å². The molecule has 1 aliphatic heterocycles. The largest absolute Gasteiger partial charge is 0.353 e. The summed E-state index contributed by atoms with van der Waals surface area (Å²) >= 11 is 0. The van der Waals surface area contributed by atoms with Gasteiger partial charge in [0.05, 0.1) is 23.7 Å². The molecular weight excluding hydrogens is 508 g/mol. The monoisotopic (exact) mass is 542 g/mol. The molecule has 1 fully saturated rings. The molecule has 206 valence electrons. The van der Waals surface area contributed by atoms with Gasteiger partial charge in [0.2, 0.25) is 5.91 Å². The molecule has 0 aliphatic carbocycles. The summed E-state index contributed by atoms with van der Waals surface area (Å²) in [7, 11) is 1.86. The van der Waals surface area contributed by atoms with Crippen LogP contribution < -0.4 is 4.90 Å². The van der Waals surface area contributed by atoms with E-state index in [1.54, 1.807) is 4.90 Å². The molecule has 0 spiro atoms. The molecule has 5 aromatic rings. The fraction of sp³-hybridized carbons (Fsp3) is 0.235. The minimum Gasteiger partial charge on any atom is -0.353 e. The van der Waals surface area contributed by atoms with E-state index in [9.17, 15) is 4.79 Å². The third kappa shape index (κ3) is 6.58. The number of aromatic nitrogens is 3. The van der Waals surface area contributed by atoms with Crippen LogP contribution in [0.1, 0.15) is 16.7 Å². The van der Waals surface area contributed by atoms with Gasteiger partial charge in [0.25, 0.3) is 0 Å². The topological polar surface area (TPSA) is 65.5 Å². The number of carbonyl (C=O) groups excluding carboxylic acids is 1. The Morgan fingerprint density at radius 2 is 1.54 bits per heavy atom. The molecule has 0 unspecified atom stereocenters. The number of rotatable bonds is 8. The second kappa shape index (κ2) is 12.3. The zero-order valence-electron chi connectivity index (χ0n) is 23.4. The van der Waals surface area contributed by atoms with Crippen LogP contribution in [-0.2, 0) is 24.3 Å². The molecule has 0 radical (unpaired) electrons. The number of pyridine rings is 1. The molecule has 7 heteroatoms. The number of nitrogens with zero attached hydrogens (tertiary/aromatic N) is 6. The van der Waals surface area contributed by atoms with Gasteiger partial charge in [-0.3, -0.25) is 19.7 Å². The Morgan fingerprint density at radius 3 is 2.29 bits per heavy atom. The van der Waals surface area contributed by atoms with Gasteiger partial charge in [-0.1, -0.05) is 66.7 Å². The van der Waals surface area contributed by atoms with Crippen LogP contribution in [-0.4, -0.2) is 63.9 Å². The van der Waals surface area contributed by atoms with Gasteiger partial charge in [-0.15, -0.1) is 0 Å². The summed E-state index contributed by atoms with van der Waals surface area (Å²) in [6, 6.07) is 28.7. The number of fused-ring (bicyclic) bond motifs is 1. The van der Waals surface area contributed by atoms with Crippen molar-refractivity contribution >= 4 is 22.8 Å². The first-order valence-electron chi connectivity index (χ1n) is 14.1. The summed E-state index contributed by atoms with van der Waals surface area (Å²) in [5.41, 5.74) is 7.33. The van der Waals surface area contributed by atoms with E-state index in [4.69, 9.17) is 9.97 Å². The second-order valence-corrected chi connectivity index (χ2v) is 10.7. The van der Waals surface area contributed by atoms with Crippen molar-refractivity contribution in [1.29, 1.82) is 0 Å². The number of likely N-dealkylation sites (N-methyl/N-ethyl adjacent to an activating group) is 1. The fourth-order valence-electron chi connectivity index (χ4n) is 5.29. The number of hydrogen-bond donors (Lipinski definition) is 0. The van der Waals surface area contributed by atoms with Crippen molar-refractivity contribution in [1.82, 2.24) is 24.8 Å². The van der Waals surface area contributed by atoms with Gasteiger partial charge in [-0.2, -0.15) is 0 Å². The maximum absolute atomic E-state index is 12.8. The van der Waals surface area contributed by atoms with E-state index in [1.165, 1.54) is 5.56 Å². The van der Waals surface area contributed by atoms with Crippen LogP contribution in [0.15, 0.2) is 104 Å². The summed E-state index contributed by atoms with van der Waals surface area (Å²) in [6.45, 7) is 5.32. The molecule has 1 saturated heterocycles. The predicted molar refractivity (Wildman–Crippen MR) is 163 cm³/mol. The van der Waals surface area contributed by atoms with Crippen molar-refractivity contribution in [3.8, 4) is 11.1 Å². The van der Waals surface area contributed by atoms with Crippen LogP contribution >= 0.6 is 0 Å². The first-order valence-corrected chi connectivity index (χ1v) is 14.1. The number of benzene rings is 3. The van der Waals surface area contributed by atoms with Gasteiger partial charge < -0.3 is 9.80 Å². The van der Waals surface area contributed by atoms with Crippen LogP contribution in [0.3, 0.4) is 0 Å². The molecule has 1 amide bonds. The number of hydrogen-bond acceptors (Lipinski definition) is 6. The normalized spacial score (nSPS) is 13.8.